The predicted molar refractivity (Wildman–Crippen MR) is 169 cm³/mol. The first-order valence-electron chi connectivity index (χ1n) is 14.1. The van der Waals surface area contributed by atoms with E-state index >= 15 is 0 Å². The van der Waals surface area contributed by atoms with Crippen molar-refractivity contribution in [2.45, 2.75) is 25.7 Å². The summed E-state index contributed by atoms with van der Waals surface area (Å²) in [6, 6.07) is 13.4. The third kappa shape index (κ3) is 7.61. The lowest BCUT2D eigenvalue weighted by molar-refractivity contribution is -0.141. The van der Waals surface area contributed by atoms with Gasteiger partial charge in [-0.2, -0.15) is 18.2 Å². The van der Waals surface area contributed by atoms with Gasteiger partial charge < -0.3 is 40.3 Å². The zero-order valence-electron chi connectivity index (χ0n) is 25.7. The second-order valence-electron chi connectivity index (χ2n) is 10.3. The number of nitrogens with two attached hydrogens (primary N) is 1. The number of pyridine rings is 1. The number of hydrogen-bond donors (Lipinski definition) is 4. The molecule has 0 aliphatic heterocycles. The molecule has 0 fully saturated rings. The summed E-state index contributed by atoms with van der Waals surface area (Å²) in [5.74, 6) is 0.947. The average Bonchev–Trinajstić information content (AvgIpc) is 3.04. The number of nitrogen functional groups attached to an aromatic ring is 1. The minimum atomic E-state index is -4.70. The van der Waals surface area contributed by atoms with E-state index in [0.717, 1.165) is 6.07 Å². The van der Waals surface area contributed by atoms with E-state index in [1.54, 1.807) is 36.4 Å². The molecule has 0 radical (unpaired) electrons. The van der Waals surface area contributed by atoms with E-state index in [1.807, 2.05) is 6.92 Å². The van der Waals surface area contributed by atoms with Crippen molar-refractivity contribution in [2.24, 2.45) is 0 Å². The second kappa shape index (κ2) is 13.8. The van der Waals surface area contributed by atoms with Crippen molar-refractivity contribution >= 4 is 28.6 Å². The van der Waals surface area contributed by atoms with E-state index in [1.165, 1.54) is 33.5 Å². The Bertz CT molecular complexity index is 1950. The zero-order chi connectivity index (χ0) is 33.7. The Labute approximate surface area is 266 Å². The lowest BCUT2D eigenvalue weighted by Crippen LogP contribution is -2.22. The van der Waals surface area contributed by atoms with Crippen molar-refractivity contribution in [3.8, 4) is 34.4 Å². The third-order valence-corrected chi connectivity index (χ3v) is 6.79. The van der Waals surface area contributed by atoms with Gasteiger partial charge in [0.1, 0.15) is 17.0 Å². The molecule has 0 unspecified atom stereocenters. The SMILES string of the molecule is COC[C@H](C)Nc1nc(Oc2cccc3[nH]c(=O)c(N)nc23)cc(-c2ccc(C(F)(F)F)nc2NCc2ccc(OC)c(OC)c2)n1. The van der Waals surface area contributed by atoms with Crippen LogP contribution < -0.4 is 36.1 Å². The highest BCUT2D eigenvalue weighted by Gasteiger charge is 2.33. The Hall–Kier alpha value is -5.64. The van der Waals surface area contributed by atoms with Gasteiger partial charge in [0.2, 0.25) is 11.8 Å². The van der Waals surface area contributed by atoms with Crippen molar-refractivity contribution < 1.29 is 32.1 Å². The molecule has 13 nitrogen and oxygen atoms in total. The van der Waals surface area contributed by atoms with Gasteiger partial charge >= 0.3 is 6.18 Å². The topological polar surface area (TPSA) is 171 Å². The van der Waals surface area contributed by atoms with Crippen LogP contribution in [0, 0.1) is 0 Å². The number of aromatic amines is 1. The lowest BCUT2D eigenvalue weighted by Gasteiger charge is -2.17. The number of rotatable bonds is 12. The van der Waals surface area contributed by atoms with Crippen LogP contribution in [-0.4, -0.2) is 58.9 Å². The highest BCUT2D eigenvalue weighted by atomic mass is 19.4. The molecule has 2 aromatic carbocycles. The molecule has 0 amide bonds. The summed E-state index contributed by atoms with van der Waals surface area (Å²) in [4.78, 5) is 31.8. The van der Waals surface area contributed by atoms with E-state index in [0.29, 0.717) is 29.2 Å². The molecule has 0 spiro atoms. The molecule has 5 rings (SSSR count). The van der Waals surface area contributed by atoms with Crippen molar-refractivity contribution in [3.63, 3.8) is 0 Å². The number of methoxy groups -OCH3 is 3. The van der Waals surface area contributed by atoms with Gasteiger partial charge in [-0.1, -0.05) is 12.1 Å². The summed E-state index contributed by atoms with van der Waals surface area (Å²) in [5.41, 5.74) is 5.86. The average molecular weight is 653 g/mol. The van der Waals surface area contributed by atoms with E-state index in [2.05, 4.69) is 35.6 Å². The molecule has 16 heteroatoms. The summed E-state index contributed by atoms with van der Waals surface area (Å²) in [6.07, 6.45) is -4.70. The lowest BCUT2D eigenvalue weighted by atomic mass is 10.1. The molecular formula is C31H31F3N8O5. The van der Waals surface area contributed by atoms with Gasteiger partial charge in [0.25, 0.3) is 5.56 Å². The zero-order valence-corrected chi connectivity index (χ0v) is 25.7. The standard InChI is InChI=1S/C31H31F3N8O5/c1-16(15-44-2)37-30-39-20(13-25(41-30)47-22-7-5-6-19-26(22)42-27(35)29(43)38-19)18-9-11-24(31(32,33)34)40-28(18)36-14-17-8-10-21(45-3)23(12-17)46-4/h5-13,16H,14-15H2,1-4H3,(H2,35,42)(H,36,40)(H,38,43)(H,37,39,41)/t16-/m0/s1. The van der Waals surface area contributed by atoms with Crippen LogP contribution in [0.1, 0.15) is 18.2 Å². The quantitative estimate of drug-likeness (QED) is 0.138. The molecule has 5 aromatic rings. The summed E-state index contributed by atoms with van der Waals surface area (Å²) in [7, 11) is 4.52. The summed E-state index contributed by atoms with van der Waals surface area (Å²) < 4.78 is 63.3. The fourth-order valence-corrected chi connectivity index (χ4v) is 4.62. The molecule has 1 atom stereocenters. The van der Waals surface area contributed by atoms with Crippen molar-refractivity contribution in [3.05, 3.63) is 76.2 Å². The summed E-state index contributed by atoms with van der Waals surface area (Å²) >= 11 is 0. The largest absolute Gasteiger partial charge is 0.493 e. The van der Waals surface area contributed by atoms with Gasteiger partial charge in [-0.05, 0) is 48.9 Å². The number of para-hydroxylation sites is 1. The minimum absolute atomic E-state index is 0.0203. The molecule has 47 heavy (non-hydrogen) atoms. The van der Waals surface area contributed by atoms with Crippen LogP contribution in [-0.2, 0) is 17.5 Å². The molecule has 0 aliphatic carbocycles. The van der Waals surface area contributed by atoms with Gasteiger partial charge in [-0.3, -0.25) is 4.79 Å². The first kappa shape index (κ1) is 32.7. The van der Waals surface area contributed by atoms with Crippen LogP contribution in [0.3, 0.4) is 0 Å². The molecule has 5 N–H and O–H groups in total. The number of anilines is 3. The van der Waals surface area contributed by atoms with Crippen LogP contribution >= 0.6 is 0 Å². The number of fused-ring (bicyclic) bond motifs is 1. The number of halogens is 3. The molecule has 246 valence electrons. The molecule has 0 saturated carbocycles. The third-order valence-electron chi connectivity index (χ3n) is 6.79. The maximum atomic E-state index is 13.8. The Balaban J connectivity index is 1.59. The Morgan fingerprint density at radius 3 is 2.45 bits per heavy atom. The fraction of sp³-hybridized carbons (Fsp3) is 0.258. The summed E-state index contributed by atoms with van der Waals surface area (Å²) in [5, 5.41) is 6.12. The Morgan fingerprint density at radius 2 is 1.72 bits per heavy atom. The van der Waals surface area contributed by atoms with Gasteiger partial charge in [0.05, 0.1) is 32.0 Å². The van der Waals surface area contributed by atoms with Crippen molar-refractivity contribution in [2.75, 3.05) is 44.3 Å². The van der Waals surface area contributed by atoms with Crippen LogP contribution in [0.5, 0.6) is 23.1 Å². The minimum Gasteiger partial charge on any atom is -0.493 e. The van der Waals surface area contributed by atoms with Crippen LogP contribution in [0.2, 0.25) is 0 Å². The van der Waals surface area contributed by atoms with Gasteiger partial charge in [0, 0.05) is 31.3 Å². The van der Waals surface area contributed by atoms with E-state index < -0.39 is 17.4 Å². The van der Waals surface area contributed by atoms with E-state index in [-0.39, 0.29) is 58.6 Å². The van der Waals surface area contributed by atoms with Crippen LogP contribution in [0.15, 0.2) is 59.4 Å². The normalized spacial score (nSPS) is 12.1. The number of ether oxygens (including phenoxy) is 4. The number of nitrogens with zero attached hydrogens (tertiary/aromatic N) is 4. The summed E-state index contributed by atoms with van der Waals surface area (Å²) in [6.45, 7) is 2.24. The van der Waals surface area contributed by atoms with Gasteiger partial charge in [-0.25, -0.2) is 15.0 Å². The molecular weight excluding hydrogens is 621 g/mol. The Morgan fingerprint density at radius 1 is 0.936 bits per heavy atom. The number of benzene rings is 2. The molecule has 0 aliphatic rings. The van der Waals surface area contributed by atoms with E-state index in [4.69, 9.17) is 24.7 Å². The molecule has 3 heterocycles. The number of alkyl halides is 3. The van der Waals surface area contributed by atoms with Gasteiger partial charge in [-0.15, -0.1) is 0 Å². The van der Waals surface area contributed by atoms with Crippen LogP contribution in [0.4, 0.5) is 30.8 Å². The maximum absolute atomic E-state index is 13.8. The fourth-order valence-electron chi connectivity index (χ4n) is 4.62. The number of hydrogen-bond acceptors (Lipinski definition) is 12. The van der Waals surface area contributed by atoms with Gasteiger partial charge in [0.15, 0.2) is 23.1 Å². The molecule has 0 saturated heterocycles. The highest BCUT2D eigenvalue weighted by Crippen LogP contribution is 2.36. The Kier molecular flexibility index (Phi) is 9.60. The first-order valence-corrected chi connectivity index (χ1v) is 14.1. The first-order chi connectivity index (χ1) is 22.5. The predicted octanol–water partition coefficient (Wildman–Crippen LogP) is 5.24. The highest BCUT2D eigenvalue weighted by molar-refractivity contribution is 5.82. The van der Waals surface area contributed by atoms with Crippen molar-refractivity contribution in [1.29, 1.82) is 0 Å². The van der Waals surface area contributed by atoms with Crippen molar-refractivity contribution in [1.82, 2.24) is 24.9 Å². The number of aromatic nitrogens is 5. The smallest absolute Gasteiger partial charge is 0.433 e. The van der Waals surface area contributed by atoms with Crippen LogP contribution in [0.25, 0.3) is 22.3 Å². The monoisotopic (exact) mass is 652 g/mol. The number of nitrogens with one attached hydrogen (secondary N) is 3. The molecule has 0 bridgehead atoms. The number of H-pyrrole nitrogens is 1. The molecule has 3 aromatic heterocycles. The van der Waals surface area contributed by atoms with E-state index in [9.17, 15) is 18.0 Å². The second-order valence-corrected chi connectivity index (χ2v) is 10.3. The maximum Gasteiger partial charge on any atom is 0.433 e.